The summed E-state index contributed by atoms with van der Waals surface area (Å²) in [6.07, 6.45) is 0. The molecule has 1 aromatic rings. The largest absolute Gasteiger partial charge is 0.368 e. The third-order valence-electron chi connectivity index (χ3n) is 2.03. The lowest BCUT2D eigenvalue weighted by Gasteiger charge is -2.38. The van der Waals surface area contributed by atoms with Crippen molar-refractivity contribution in [1.82, 2.24) is 0 Å². The SMILES string of the molecule is CC.CC.NC1CN(c2ccccc2)C1. The van der Waals surface area contributed by atoms with Crippen molar-refractivity contribution < 1.29 is 0 Å². The first-order chi connectivity index (χ1) is 7.36. The molecule has 2 nitrogen and oxygen atoms in total. The van der Waals surface area contributed by atoms with Crippen molar-refractivity contribution in [3.63, 3.8) is 0 Å². The van der Waals surface area contributed by atoms with Gasteiger partial charge in [-0.2, -0.15) is 0 Å². The zero-order chi connectivity index (χ0) is 11.7. The molecule has 0 radical (unpaired) electrons. The zero-order valence-corrected chi connectivity index (χ0v) is 10.4. The van der Waals surface area contributed by atoms with Crippen LogP contribution in [0, 0.1) is 0 Å². The average molecular weight is 208 g/mol. The zero-order valence-electron chi connectivity index (χ0n) is 10.4. The van der Waals surface area contributed by atoms with Crippen LogP contribution in [0.15, 0.2) is 30.3 Å². The van der Waals surface area contributed by atoms with E-state index in [-0.39, 0.29) is 0 Å². The molecule has 1 heterocycles. The maximum atomic E-state index is 5.66. The van der Waals surface area contributed by atoms with E-state index >= 15 is 0 Å². The topological polar surface area (TPSA) is 29.3 Å². The van der Waals surface area contributed by atoms with E-state index in [0.717, 1.165) is 13.1 Å². The lowest BCUT2D eigenvalue weighted by molar-refractivity contribution is 0.519. The van der Waals surface area contributed by atoms with Crippen molar-refractivity contribution in [2.75, 3.05) is 18.0 Å². The third kappa shape index (κ3) is 4.34. The Bertz CT molecular complexity index is 228. The van der Waals surface area contributed by atoms with Gasteiger partial charge in [-0.15, -0.1) is 0 Å². The van der Waals surface area contributed by atoms with Gasteiger partial charge in [0, 0.05) is 24.8 Å². The van der Waals surface area contributed by atoms with Gasteiger partial charge in [-0.1, -0.05) is 45.9 Å². The number of para-hydroxylation sites is 1. The van der Waals surface area contributed by atoms with Crippen LogP contribution in [0.1, 0.15) is 27.7 Å². The van der Waals surface area contributed by atoms with Gasteiger partial charge in [-0.3, -0.25) is 0 Å². The van der Waals surface area contributed by atoms with E-state index in [9.17, 15) is 0 Å². The molecular formula is C13H24N2. The summed E-state index contributed by atoms with van der Waals surface area (Å²) in [5, 5.41) is 0. The van der Waals surface area contributed by atoms with E-state index in [2.05, 4.69) is 29.2 Å². The maximum absolute atomic E-state index is 5.66. The Balaban J connectivity index is 0.000000442. The van der Waals surface area contributed by atoms with Crippen molar-refractivity contribution in [2.45, 2.75) is 33.7 Å². The van der Waals surface area contributed by atoms with E-state index in [4.69, 9.17) is 5.73 Å². The van der Waals surface area contributed by atoms with Gasteiger partial charge in [0.1, 0.15) is 0 Å². The summed E-state index contributed by atoms with van der Waals surface area (Å²) in [5.41, 5.74) is 6.95. The quantitative estimate of drug-likeness (QED) is 0.769. The number of nitrogens with zero attached hydrogens (tertiary/aromatic N) is 1. The molecule has 0 atom stereocenters. The van der Waals surface area contributed by atoms with E-state index in [0.29, 0.717) is 6.04 Å². The predicted octanol–water partition coefficient (Wildman–Crippen LogP) is 2.89. The van der Waals surface area contributed by atoms with Crippen molar-refractivity contribution in [2.24, 2.45) is 5.73 Å². The molecule has 0 unspecified atom stereocenters. The van der Waals surface area contributed by atoms with Crippen LogP contribution in [0.4, 0.5) is 5.69 Å². The minimum atomic E-state index is 0.384. The van der Waals surface area contributed by atoms with E-state index in [1.54, 1.807) is 0 Å². The Labute approximate surface area is 94.1 Å². The normalized spacial score (nSPS) is 14.1. The van der Waals surface area contributed by atoms with E-state index < -0.39 is 0 Å². The van der Waals surface area contributed by atoms with Gasteiger partial charge in [-0.25, -0.2) is 0 Å². The van der Waals surface area contributed by atoms with Crippen molar-refractivity contribution in [3.8, 4) is 0 Å². The molecule has 1 saturated heterocycles. The molecule has 0 amide bonds. The number of hydrogen-bond donors (Lipinski definition) is 1. The molecule has 0 aromatic heterocycles. The van der Waals surface area contributed by atoms with Crippen LogP contribution in [0.5, 0.6) is 0 Å². The first-order valence-electron chi connectivity index (χ1n) is 5.92. The van der Waals surface area contributed by atoms with Crippen LogP contribution >= 0.6 is 0 Å². The number of rotatable bonds is 1. The van der Waals surface area contributed by atoms with Gasteiger partial charge in [0.15, 0.2) is 0 Å². The third-order valence-corrected chi connectivity index (χ3v) is 2.03. The number of hydrogen-bond acceptors (Lipinski definition) is 2. The summed E-state index contributed by atoms with van der Waals surface area (Å²) in [6.45, 7) is 10.0. The van der Waals surface area contributed by atoms with Crippen LogP contribution < -0.4 is 10.6 Å². The van der Waals surface area contributed by atoms with Crippen molar-refractivity contribution in [3.05, 3.63) is 30.3 Å². The molecular weight excluding hydrogens is 184 g/mol. The standard InChI is InChI=1S/C9H12N2.2C2H6/c10-8-6-11(7-8)9-4-2-1-3-5-9;2*1-2/h1-5,8H,6-7,10H2;2*1-2H3. The first kappa shape index (κ1) is 14.0. The summed E-state index contributed by atoms with van der Waals surface area (Å²) in [5.74, 6) is 0. The van der Waals surface area contributed by atoms with Crippen LogP contribution in [0.25, 0.3) is 0 Å². The molecule has 1 fully saturated rings. The Hall–Kier alpha value is -1.02. The van der Waals surface area contributed by atoms with E-state index in [1.165, 1.54) is 5.69 Å². The van der Waals surface area contributed by atoms with Gasteiger partial charge in [0.2, 0.25) is 0 Å². The average Bonchev–Trinajstić information content (AvgIpc) is 2.31. The smallest absolute Gasteiger partial charge is 0.0395 e. The lowest BCUT2D eigenvalue weighted by Crippen LogP contribution is -2.55. The van der Waals surface area contributed by atoms with Gasteiger partial charge in [-0.05, 0) is 12.1 Å². The predicted molar refractivity (Wildman–Crippen MR) is 69.3 cm³/mol. The molecule has 0 spiro atoms. The minimum Gasteiger partial charge on any atom is -0.368 e. The maximum Gasteiger partial charge on any atom is 0.0395 e. The van der Waals surface area contributed by atoms with Crippen LogP contribution in [-0.4, -0.2) is 19.1 Å². The highest BCUT2D eigenvalue weighted by molar-refractivity contribution is 5.48. The fourth-order valence-corrected chi connectivity index (χ4v) is 1.36. The van der Waals surface area contributed by atoms with Gasteiger partial charge < -0.3 is 10.6 Å². The first-order valence-corrected chi connectivity index (χ1v) is 5.92. The van der Waals surface area contributed by atoms with Crippen LogP contribution in [0.2, 0.25) is 0 Å². The molecule has 15 heavy (non-hydrogen) atoms. The molecule has 1 aliphatic heterocycles. The molecule has 2 heteroatoms. The number of anilines is 1. The molecule has 2 rings (SSSR count). The Morgan fingerprint density at radius 1 is 1.00 bits per heavy atom. The highest BCUT2D eigenvalue weighted by atomic mass is 15.2. The summed E-state index contributed by atoms with van der Waals surface area (Å²) in [6, 6.07) is 10.8. The highest BCUT2D eigenvalue weighted by Gasteiger charge is 2.22. The number of nitrogens with two attached hydrogens (primary N) is 1. The Kier molecular flexibility index (Phi) is 7.74. The summed E-state index contributed by atoms with van der Waals surface area (Å²) < 4.78 is 0. The molecule has 2 N–H and O–H groups in total. The van der Waals surface area contributed by atoms with Gasteiger partial charge >= 0.3 is 0 Å². The minimum absolute atomic E-state index is 0.384. The second-order valence-corrected chi connectivity index (χ2v) is 3.00. The monoisotopic (exact) mass is 208 g/mol. The molecule has 86 valence electrons. The fraction of sp³-hybridized carbons (Fsp3) is 0.538. The van der Waals surface area contributed by atoms with Crippen molar-refractivity contribution in [1.29, 1.82) is 0 Å². The highest BCUT2D eigenvalue weighted by Crippen LogP contribution is 2.18. The molecule has 1 aromatic carbocycles. The molecule has 0 aliphatic carbocycles. The van der Waals surface area contributed by atoms with Crippen LogP contribution in [0.3, 0.4) is 0 Å². The summed E-state index contributed by atoms with van der Waals surface area (Å²) in [4.78, 5) is 2.28. The lowest BCUT2D eigenvalue weighted by atomic mass is 10.1. The molecule has 1 aliphatic rings. The second-order valence-electron chi connectivity index (χ2n) is 3.00. The Morgan fingerprint density at radius 2 is 1.47 bits per heavy atom. The van der Waals surface area contributed by atoms with Gasteiger partial charge in [0.05, 0.1) is 0 Å². The van der Waals surface area contributed by atoms with Crippen LogP contribution in [-0.2, 0) is 0 Å². The van der Waals surface area contributed by atoms with E-state index in [1.807, 2.05) is 33.8 Å². The molecule has 0 bridgehead atoms. The second kappa shape index (κ2) is 8.30. The molecule has 0 saturated carbocycles. The Morgan fingerprint density at radius 3 is 1.87 bits per heavy atom. The fourth-order valence-electron chi connectivity index (χ4n) is 1.36. The van der Waals surface area contributed by atoms with Gasteiger partial charge in [0.25, 0.3) is 0 Å². The summed E-state index contributed by atoms with van der Waals surface area (Å²) in [7, 11) is 0. The number of benzene rings is 1. The van der Waals surface area contributed by atoms with Crippen molar-refractivity contribution >= 4 is 5.69 Å². The summed E-state index contributed by atoms with van der Waals surface area (Å²) >= 11 is 0.